The van der Waals surface area contributed by atoms with Crippen LogP contribution in [0.4, 0.5) is 5.82 Å². The molecule has 1 unspecified atom stereocenters. The molecule has 1 aliphatic carbocycles. The van der Waals surface area contributed by atoms with Crippen LogP contribution in [0.15, 0.2) is 30.5 Å². The molecule has 0 saturated heterocycles. The number of aryl methyl sites for hydroxylation is 1. The van der Waals surface area contributed by atoms with Crippen molar-refractivity contribution in [2.24, 2.45) is 0 Å². The molecular weight excluding hydrogens is 288 g/mol. The van der Waals surface area contributed by atoms with E-state index in [4.69, 9.17) is 22.1 Å². The Morgan fingerprint density at radius 3 is 2.90 bits per heavy atom. The Hall–Kier alpha value is -1.78. The molecule has 0 saturated carbocycles. The van der Waals surface area contributed by atoms with Crippen LogP contribution in [0.1, 0.15) is 23.1 Å². The highest BCUT2D eigenvalue weighted by Crippen LogP contribution is 2.40. The number of aliphatic hydroxyl groups is 1. The minimum Gasteiger partial charge on any atom is -0.497 e. The lowest BCUT2D eigenvalue weighted by Crippen LogP contribution is -2.34. The molecule has 2 aromatic rings. The Morgan fingerprint density at radius 1 is 1.33 bits per heavy atom. The van der Waals surface area contributed by atoms with Crippen LogP contribution in [-0.2, 0) is 18.4 Å². The number of hydrogen-bond donors (Lipinski definition) is 2. The fourth-order valence-electron chi connectivity index (χ4n) is 2.94. The van der Waals surface area contributed by atoms with Gasteiger partial charge in [0.2, 0.25) is 0 Å². The summed E-state index contributed by atoms with van der Waals surface area (Å²) in [7, 11) is 1.63. The smallest absolute Gasteiger partial charge is 0.129 e. The van der Waals surface area contributed by atoms with Gasteiger partial charge in [0.05, 0.1) is 17.7 Å². The summed E-state index contributed by atoms with van der Waals surface area (Å²) in [4.78, 5) is 4.05. The number of aromatic nitrogens is 1. The van der Waals surface area contributed by atoms with Crippen molar-refractivity contribution in [2.45, 2.75) is 24.9 Å². The summed E-state index contributed by atoms with van der Waals surface area (Å²) in [5, 5.41) is 11.5. The second-order valence-corrected chi connectivity index (χ2v) is 5.87. The lowest BCUT2D eigenvalue weighted by molar-refractivity contribution is 0.0227. The number of benzene rings is 1. The maximum absolute atomic E-state index is 11.0. The van der Waals surface area contributed by atoms with Gasteiger partial charge < -0.3 is 15.6 Å². The van der Waals surface area contributed by atoms with Crippen molar-refractivity contribution in [3.05, 3.63) is 52.2 Å². The van der Waals surface area contributed by atoms with Gasteiger partial charge in [0.15, 0.2) is 0 Å². The Bertz CT molecular complexity index is 690. The van der Waals surface area contributed by atoms with Gasteiger partial charge in [-0.15, -0.1) is 0 Å². The number of rotatable bonds is 2. The molecule has 0 fully saturated rings. The fourth-order valence-corrected chi connectivity index (χ4v) is 3.09. The minimum atomic E-state index is -1.04. The van der Waals surface area contributed by atoms with Gasteiger partial charge >= 0.3 is 0 Å². The third kappa shape index (κ3) is 2.57. The zero-order valence-corrected chi connectivity index (χ0v) is 12.5. The summed E-state index contributed by atoms with van der Waals surface area (Å²) in [6.07, 6.45) is 3.34. The van der Waals surface area contributed by atoms with E-state index in [1.807, 2.05) is 18.2 Å². The number of ether oxygens (including phenoxy) is 1. The van der Waals surface area contributed by atoms with Crippen LogP contribution in [0, 0.1) is 0 Å². The predicted octanol–water partition coefficient (Wildman–Crippen LogP) is 2.70. The summed E-state index contributed by atoms with van der Waals surface area (Å²) in [6, 6.07) is 7.66. The number of nitrogens with two attached hydrogens (primary N) is 1. The van der Waals surface area contributed by atoms with Crippen LogP contribution < -0.4 is 10.5 Å². The average molecular weight is 305 g/mol. The molecule has 0 aliphatic heterocycles. The summed E-state index contributed by atoms with van der Waals surface area (Å²) in [5.41, 5.74) is 7.79. The summed E-state index contributed by atoms with van der Waals surface area (Å²) >= 11 is 6.00. The van der Waals surface area contributed by atoms with E-state index in [1.165, 1.54) is 11.8 Å². The first kappa shape index (κ1) is 14.2. The van der Waals surface area contributed by atoms with Gasteiger partial charge in [0.1, 0.15) is 11.6 Å². The minimum absolute atomic E-state index is 0.327. The molecule has 3 N–H and O–H groups in total. The zero-order chi connectivity index (χ0) is 15.0. The number of nitrogen functional groups attached to an aromatic ring is 1. The molecule has 0 radical (unpaired) electrons. The quantitative estimate of drug-likeness (QED) is 0.895. The number of anilines is 1. The Morgan fingerprint density at radius 2 is 2.14 bits per heavy atom. The number of pyridine rings is 1. The van der Waals surface area contributed by atoms with Crippen LogP contribution in [-0.4, -0.2) is 17.2 Å². The van der Waals surface area contributed by atoms with E-state index in [-0.39, 0.29) is 0 Å². The molecule has 110 valence electrons. The highest BCUT2D eigenvalue weighted by molar-refractivity contribution is 6.30. The van der Waals surface area contributed by atoms with Crippen LogP contribution in [0.5, 0.6) is 5.75 Å². The van der Waals surface area contributed by atoms with E-state index in [2.05, 4.69) is 4.98 Å². The van der Waals surface area contributed by atoms with Crippen molar-refractivity contribution < 1.29 is 9.84 Å². The topological polar surface area (TPSA) is 68.4 Å². The normalized spacial score (nSPS) is 20.9. The molecule has 3 rings (SSSR count). The van der Waals surface area contributed by atoms with Crippen molar-refractivity contribution in [1.82, 2.24) is 4.98 Å². The first-order chi connectivity index (χ1) is 10.0. The van der Waals surface area contributed by atoms with Gasteiger partial charge in [0.25, 0.3) is 0 Å². The van der Waals surface area contributed by atoms with Crippen molar-refractivity contribution >= 4 is 17.4 Å². The molecule has 1 heterocycles. The number of fused-ring (bicyclic) bond motifs is 1. The summed E-state index contributed by atoms with van der Waals surface area (Å²) in [6.45, 7) is 0. The number of hydrogen-bond acceptors (Lipinski definition) is 4. The van der Waals surface area contributed by atoms with E-state index in [0.29, 0.717) is 29.2 Å². The fraction of sp³-hybridized carbons (Fsp3) is 0.312. The highest BCUT2D eigenvalue weighted by atomic mass is 35.5. The van der Waals surface area contributed by atoms with Gasteiger partial charge in [-0.1, -0.05) is 17.7 Å². The first-order valence-corrected chi connectivity index (χ1v) is 7.19. The van der Waals surface area contributed by atoms with E-state index < -0.39 is 5.60 Å². The molecule has 0 spiro atoms. The highest BCUT2D eigenvalue weighted by Gasteiger charge is 2.36. The zero-order valence-electron chi connectivity index (χ0n) is 11.8. The summed E-state index contributed by atoms with van der Waals surface area (Å²) in [5.74, 6) is 1.11. The molecule has 1 aromatic heterocycles. The van der Waals surface area contributed by atoms with Crippen LogP contribution >= 0.6 is 11.6 Å². The summed E-state index contributed by atoms with van der Waals surface area (Å²) < 4.78 is 5.26. The maximum Gasteiger partial charge on any atom is 0.129 e. The van der Waals surface area contributed by atoms with Gasteiger partial charge in [0, 0.05) is 18.2 Å². The molecule has 4 nitrogen and oxygen atoms in total. The van der Waals surface area contributed by atoms with Crippen LogP contribution in [0.2, 0.25) is 5.02 Å². The van der Waals surface area contributed by atoms with Gasteiger partial charge in [-0.25, -0.2) is 4.98 Å². The third-order valence-corrected chi connectivity index (χ3v) is 4.30. The molecule has 21 heavy (non-hydrogen) atoms. The second kappa shape index (κ2) is 5.20. The van der Waals surface area contributed by atoms with Crippen molar-refractivity contribution in [1.29, 1.82) is 0 Å². The Balaban J connectivity index is 2.02. The second-order valence-electron chi connectivity index (χ2n) is 5.43. The maximum atomic E-state index is 11.0. The largest absolute Gasteiger partial charge is 0.497 e. The molecule has 0 amide bonds. The first-order valence-electron chi connectivity index (χ1n) is 6.81. The van der Waals surface area contributed by atoms with Gasteiger partial charge in [-0.05, 0) is 42.2 Å². The van der Waals surface area contributed by atoms with E-state index in [1.54, 1.807) is 13.2 Å². The Labute approximate surface area is 128 Å². The number of nitrogens with zero attached hydrogens (tertiary/aromatic N) is 1. The Kier molecular flexibility index (Phi) is 3.51. The molecule has 5 heteroatoms. The third-order valence-electron chi connectivity index (χ3n) is 4.09. The van der Waals surface area contributed by atoms with Crippen LogP contribution in [0.25, 0.3) is 0 Å². The number of methoxy groups -OCH3 is 1. The van der Waals surface area contributed by atoms with Crippen LogP contribution in [0.3, 0.4) is 0 Å². The SMILES string of the molecule is COc1ccc2c(c1)CC(O)(c1cc(Cl)cnc1N)CC2. The molecule has 1 atom stereocenters. The van der Waals surface area contributed by atoms with Gasteiger partial charge in [-0.3, -0.25) is 0 Å². The lowest BCUT2D eigenvalue weighted by atomic mass is 9.76. The van der Waals surface area contributed by atoms with Gasteiger partial charge in [-0.2, -0.15) is 0 Å². The molecule has 1 aliphatic rings. The molecule has 1 aromatic carbocycles. The molecular formula is C16H17ClN2O2. The lowest BCUT2D eigenvalue weighted by Gasteiger charge is -2.34. The number of halogens is 1. The van der Waals surface area contributed by atoms with Crippen molar-refractivity contribution in [3.63, 3.8) is 0 Å². The van der Waals surface area contributed by atoms with E-state index in [9.17, 15) is 5.11 Å². The molecule has 0 bridgehead atoms. The van der Waals surface area contributed by atoms with E-state index >= 15 is 0 Å². The van der Waals surface area contributed by atoms with Crippen molar-refractivity contribution in [2.75, 3.05) is 12.8 Å². The monoisotopic (exact) mass is 304 g/mol. The standard InChI is InChI=1S/C16H17ClN2O2/c1-21-13-3-2-10-4-5-16(20,8-11(10)6-13)14-7-12(17)9-19-15(14)18/h2-3,6-7,9,20H,4-5,8H2,1H3,(H2,18,19). The van der Waals surface area contributed by atoms with E-state index in [0.717, 1.165) is 17.7 Å². The van der Waals surface area contributed by atoms with Crippen molar-refractivity contribution in [3.8, 4) is 5.75 Å². The predicted molar refractivity (Wildman–Crippen MR) is 82.6 cm³/mol. The average Bonchev–Trinajstić information content (AvgIpc) is 2.48.